The van der Waals surface area contributed by atoms with Crippen molar-refractivity contribution in [1.29, 1.82) is 0 Å². The van der Waals surface area contributed by atoms with Gasteiger partial charge in [-0.3, -0.25) is 9.59 Å². The Morgan fingerprint density at radius 1 is 0.976 bits per heavy atom. The van der Waals surface area contributed by atoms with Crippen LogP contribution >= 0.6 is 11.6 Å². The summed E-state index contributed by atoms with van der Waals surface area (Å²) in [5.74, 6) is 1.06. The Labute approximate surface area is 253 Å². The van der Waals surface area contributed by atoms with E-state index in [1.54, 1.807) is 7.11 Å². The van der Waals surface area contributed by atoms with Crippen LogP contribution in [0.15, 0.2) is 96.1 Å². The minimum absolute atomic E-state index is 0.0962. The Hall–Kier alpha value is -4.03. The molecule has 0 saturated heterocycles. The van der Waals surface area contributed by atoms with Gasteiger partial charge in [0.1, 0.15) is 11.5 Å². The molecule has 0 heterocycles. The van der Waals surface area contributed by atoms with Crippen molar-refractivity contribution < 1.29 is 24.2 Å². The molecule has 3 aromatic carbocycles. The van der Waals surface area contributed by atoms with E-state index in [0.29, 0.717) is 12.2 Å². The lowest BCUT2D eigenvalue weighted by molar-refractivity contribution is -0.136. The second-order valence-electron chi connectivity index (χ2n) is 10.5. The minimum atomic E-state index is -0.942. The van der Waals surface area contributed by atoms with Crippen LogP contribution < -0.4 is 14.8 Å². The van der Waals surface area contributed by atoms with Crippen LogP contribution in [0.4, 0.5) is 0 Å². The van der Waals surface area contributed by atoms with Crippen LogP contribution in [0.5, 0.6) is 11.5 Å². The van der Waals surface area contributed by atoms with Crippen LogP contribution in [-0.4, -0.2) is 37.2 Å². The number of benzene rings is 3. The number of allylic oxidation sites excluding steroid dienone is 4. The van der Waals surface area contributed by atoms with Crippen molar-refractivity contribution in [3.8, 4) is 22.6 Å². The number of rotatable bonds is 14. The number of halogens is 1. The highest BCUT2D eigenvalue weighted by atomic mass is 35.5. The van der Waals surface area contributed by atoms with E-state index in [-0.39, 0.29) is 36.6 Å². The van der Waals surface area contributed by atoms with Gasteiger partial charge in [0.25, 0.3) is 5.91 Å². The first-order chi connectivity index (χ1) is 20.4. The number of hydrogen-bond donors (Lipinski definition) is 2. The summed E-state index contributed by atoms with van der Waals surface area (Å²) in [6.07, 6.45) is 8.93. The van der Waals surface area contributed by atoms with Gasteiger partial charge in [0.2, 0.25) is 0 Å². The fraction of sp³-hybridized carbons (Fsp3) is 0.314. The summed E-state index contributed by atoms with van der Waals surface area (Å²) in [6.45, 7) is 2.81. The third-order valence-electron chi connectivity index (χ3n) is 7.70. The summed E-state index contributed by atoms with van der Waals surface area (Å²) in [5, 5.41) is 12.3. The summed E-state index contributed by atoms with van der Waals surface area (Å²) < 4.78 is 11.7. The van der Waals surface area contributed by atoms with E-state index < -0.39 is 5.97 Å². The maximum Gasteiger partial charge on any atom is 0.305 e. The molecule has 3 aromatic rings. The van der Waals surface area contributed by atoms with E-state index in [2.05, 4.69) is 36.5 Å². The normalized spacial score (nSPS) is 15.8. The van der Waals surface area contributed by atoms with Crippen LogP contribution in [0.25, 0.3) is 11.1 Å². The quantitative estimate of drug-likeness (QED) is 0.201. The SMILES string of the molecule is CCCC(c1ccc(C(=O)NCCC(=O)O)cc1)C(COc1ccc(-c2ccc(OC)cc2)cc1)C1C=CC(Cl)=CC1. The van der Waals surface area contributed by atoms with Gasteiger partial charge in [-0.1, -0.05) is 73.5 Å². The molecular weight excluding hydrogens is 550 g/mol. The third-order valence-corrected chi connectivity index (χ3v) is 7.98. The molecule has 0 saturated carbocycles. The monoisotopic (exact) mass is 587 g/mol. The number of carboxylic acid groups (broad SMARTS) is 1. The molecule has 220 valence electrons. The molecule has 7 heteroatoms. The number of aliphatic carboxylic acids is 1. The molecule has 1 amide bonds. The lowest BCUT2D eigenvalue weighted by Gasteiger charge is -2.33. The van der Waals surface area contributed by atoms with Crippen LogP contribution in [0.3, 0.4) is 0 Å². The summed E-state index contributed by atoms with van der Waals surface area (Å²) in [4.78, 5) is 23.3. The lowest BCUT2D eigenvalue weighted by atomic mass is 9.74. The second-order valence-corrected chi connectivity index (χ2v) is 10.9. The number of carbonyl (C=O) groups excluding carboxylic acids is 1. The Kier molecular flexibility index (Phi) is 11.2. The van der Waals surface area contributed by atoms with Crippen molar-refractivity contribution >= 4 is 23.5 Å². The molecule has 42 heavy (non-hydrogen) atoms. The van der Waals surface area contributed by atoms with E-state index in [0.717, 1.165) is 52.5 Å². The number of carbonyl (C=O) groups is 2. The van der Waals surface area contributed by atoms with Crippen LogP contribution in [-0.2, 0) is 4.79 Å². The predicted octanol–water partition coefficient (Wildman–Crippen LogP) is 7.84. The molecule has 0 fully saturated rings. The highest BCUT2D eigenvalue weighted by Crippen LogP contribution is 2.39. The molecule has 0 bridgehead atoms. The van der Waals surface area contributed by atoms with Gasteiger partial charge in [0, 0.05) is 23.1 Å². The first kappa shape index (κ1) is 30.9. The lowest BCUT2D eigenvalue weighted by Crippen LogP contribution is -2.28. The number of methoxy groups -OCH3 is 1. The first-order valence-corrected chi connectivity index (χ1v) is 14.8. The minimum Gasteiger partial charge on any atom is -0.497 e. The molecule has 4 rings (SSSR count). The number of amides is 1. The van der Waals surface area contributed by atoms with Gasteiger partial charge in [-0.25, -0.2) is 0 Å². The first-order valence-electron chi connectivity index (χ1n) is 14.4. The zero-order valence-corrected chi connectivity index (χ0v) is 24.8. The van der Waals surface area contributed by atoms with E-state index in [4.69, 9.17) is 26.2 Å². The molecular formula is C35H38ClNO5. The van der Waals surface area contributed by atoms with Crippen LogP contribution in [0.2, 0.25) is 0 Å². The summed E-state index contributed by atoms with van der Waals surface area (Å²) in [6, 6.07) is 23.8. The van der Waals surface area contributed by atoms with Gasteiger partial charge in [-0.05, 0) is 83.8 Å². The van der Waals surface area contributed by atoms with E-state index in [9.17, 15) is 9.59 Å². The van der Waals surface area contributed by atoms with Gasteiger partial charge in [-0.15, -0.1) is 0 Å². The molecule has 2 N–H and O–H groups in total. The summed E-state index contributed by atoms with van der Waals surface area (Å²) >= 11 is 6.27. The van der Waals surface area contributed by atoms with Gasteiger partial charge >= 0.3 is 5.97 Å². The standard InChI is InChI=1S/C35H38ClNO5/c1-3-4-32(26-5-7-28(8-6-26)35(40)37-22-21-34(38)39)33(27-9-15-29(36)16-10-27)23-42-31-19-13-25(14-20-31)24-11-17-30(41-2)18-12-24/h5-9,11-20,27,32-33H,3-4,10,21-23H2,1-2H3,(H,37,40)(H,38,39). The molecule has 0 aliphatic heterocycles. The topological polar surface area (TPSA) is 84.9 Å². The highest BCUT2D eigenvalue weighted by molar-refractivity contribution is 6.31. The average Bonchev–Trinajstić information content (AvgIpc) is 3.01. The second kappa shape index (κ2) is 15.3. The number of hydrogen-bond acceptors (Lipinski definition) is 4. The summed E-state index contributed by atoms with van der Waals surface area (Å²) in [7, 11) is 1.66. The molecule has 1 aliphatic carbocycles. The number of carboxylic acids is 1. The van der Waals surface area contributed by atoms with E-state index in [1.807, 2.05) is 66.7 Å². The highest BCUT2D eigenvalue weighted by Gasteiger charge is 2.30. The Morgan fingerprint density at radius 3 is 2.17 bits per heavy atom. The Bertz CT molecular complexity index is 1380. The van der Waals surface area contributed by atoms with E-state index in [1.165, 1.54) is 0 Å². The smallest absolute Gasteiger partial charge is 0.305 e. The van der Waals surface area contributed by atoms with Crippen molar-refractivity contribution in [2.75, 3.05) is 20.3 Å². The van der Waals surface area contributed by atoms with Crippen molar-refractivity contribution in [2.24, 2.45) is 11.8 Å². The van der Waals surface area contributed by atoms with E-state index >= 15 is 0 Å². The van der Waals surface area contributed by atoms with Gasteiger partial charge < -0.3 is 19.9 Å². The van der Waals surface area contributed by atoms with Crippen LogP contribution in [0.1, 0.15) is 54.4 Å². The third kappa shape index (κ3) is 8.49. The van der Waals surface area contributed by atoms with Crippen molar-refractivity contribution in [2.45, 2.75) is 38.5 Å². The van der Waals surface area contributed by atoms with Gasteiger partial charge in [0.05, 0.1) is 20.1 Å². The largest absolute Gasteiger partial charge is 0.497 e. The van der Waals surface area contributed by atoms with Crippen molar-refractivity contribution in [1.82, 2.24) is 5.32 Å². The fourth-order valence-corrected chi connectivity index (χ4v) is 5.55. The molecule has 1 aliphatic rings. The zero-order valence-electron chi connectivity index (χ0n) is 24.1. The molecule has 0 radical (unpaired) electrons. The maximum absolute atomic E-state index is 12.5. The molecule has 0 aromatic heterocycles. The summed E-state index contributed by atoms with van der Waals surface area (Å²) in [5.41, 5.74) is 3.87. The predicted molar refractivity (Wildman–Crippen MR) is 167 cm³/mol. The molecule has 0 spiro atoms. The van der Waals surface area contributed by atoms with Crippen LogP contribution in [0, 0.1) is 11.8 Å². The zero-order chi connectivity index (χ0) is 29.9. The number of ether oxygens (including phenoxy) is 2. The van der Waals surface area contributed by atoms with Crippen molar-refractivity contribution in [3.63, 3.8) is 0 Å². The molecule has 6 nitrogen and oxygen atoms in total. The Morgan fingerprint density at radius 2 is 1.62 bits per heavy atom. The maximum atomic E-state index is 12.5. The van der Waals surface area contributed by atoms with Crippen molar-refractivity contribution in [3.05, 3.63) is 107 Å². The fourth-order valence-electron chi connectivity index (χ4n) is 5.39. The molecule has 3 unspecified atom stereocenters. The Balaban J connectivity index is 1.50. The average molecular weight is 588 g/mol. The van der Waals surface area contributed by atoms with Gasteiger partial charge in [0.15, 0.2) is 0 Å². The number of nitrogens with one attached hydrogen (secondary N) is 1. The molecule has 3 atom stereocenters. The van der Waals surface area contributed by atoms with Gasteiger partial charge in [-0.2, -0.15) is 0 Å².